The maximum Gasteiger partial charge on any atom is 0.137 e. The van der Waals surface area contributed by atoms with Crippen molar-refractivity contribution in [1.29, 1.82) is 0 Å². The maximum atomic E-state index is 5.09. The van der Waals surface area contributed by atoms with E-state index in [0.717, 1.165) is 50.9 Å². The van der Waals surface area contributed by atoms with Gasteiger partial charge in [0.15, 0.2) is 0 Å². The van der Waals surface area contributed by atoms with Crippen LogP contribution in [0.4, 0.5) is 17.1 Å². The molecule has 0 saturated heterocycles. The molecular weight excluding hydrogens is 645 g/mol. The number of anilines is 3. The van der Waals surface area contributed by atoms with E-state index in [2.05, 4.69) is 208 Å². The second kappa shape index (κ2) is 12.9. The fourth-order valence-electron chi connectivity index (χ4n) is 7.69. The average molecular weight is 679 g/mol. The van der Waals surface area contributed by atoms with Gasteiger partial charge < -0.3 is 9.47 Å². The van der Waals surface area contributed by atoms with Crippen LogP contribution in [-0.2, 0) is 0 Å². The lowest BCUT2D eigenvalue weighted by Gasteiger charge is -2.26. The number of imidazole rings is 1. The van der Waals surface area contributed by atoms with Gasteiger partial charge in [-0.3, -0.25) is 4.40 Å². The summed E-state index contributed by atoms with van der Waals surface area (Å²) in [7, 11) is 0. The van der Waals surface area contributed by atoms with Gasteiger partial charge in [0.25, 0.3) is 0 Å². The van der Waals surface area contributed by atoms with Gasteiger partial charge in [0.1, 0.15) is 5.65 Å². The smallest absolute Gasteiger partial charge is 0.137 e. The van der Waals surface area contributed by atoms with Gasteiger partial charge in [0, 0.05) is 50.8 Å². The normalized spacial score (nSPS) is 11.4. The van der Waals surface area contributed by atoms with Crippen molar-refractivity contribution in [3.8, 4) is 39.3 Å². The largest absolute Gasteiger partial charge is 0.310 e. The first-order valence-electron chi connectivity index (χ1n) is 18.0. The van der Waals surface area contributed by atoms with Gasteiger partial charge in [0.05, 0.1) is 22.4 Å². The van der Waals surface area contributed by atoms with Crippen LogP contribution < -0.4 is 4.90 Å². The van der Waals surface area contributed by atoms with Gasteiger partial charge in [-0.2, -0.15) is 0 Å². The molecule has 0 unspecified atom stereocenters. The van der Waals surface area contributed by atoms with Gasteiger partial charge in [-0.05, 0) is 83.9 Å². The van der Waals surface area contributed by atoms with Crippen molar-refractivity contribution in [2.24, 2.45) is 0 Å². The lowest BCUT2D eigenvalue weighted by Crippen LogP contribution is -2.10. The summed E-state index contributed by atoms with van der Waals surface area (Å²) in [4.78, 5) is 7.42. The first-order valence-corrected chi connectivity index (χ1v) is 18.0. The van der Waals surface area contributed by atoms with Crippen molar-refractivity contribution in [1.82, 2.24) is 14.0 Å². The molecule has 0 amide bonds. The van der Waals surface area contributed by atoms with Crippen molar-refractivity contribution in [3.05, 3.63) is 206 Å². The number of aromatic nitrogens is 3. The Morgan fingerprint density at radius 1 is 0.396 bits per heavy atom. The van der Waals surface area contributed by atoms with Crippen LogP contribution >= 0.6 is 0 Å². The van der Waals surface area contributed by atoms with E-state index >= 15 is 0 Å². The number of hydrogen-bond donors (Lipinski definition) is 0. The highest BCUT2D eigenvalue weighted by Gasteiger charge is 2.19. The van der Waals surface area contributed by atoms with E-state index in [1.165, 1.54) is 32.9 Å². The van der Waals surface area contributed by atoms with E-state index in [9.17, 15) is 0 Å². The van der Waals surface area contributed by atoms with Gasteiger partial charge >= 0.3 is 0 Å². The second-order valence-electron chi connectivity index (χ2n) is 13.3. The van der Waals surface area contributed by atoms with E-state index in [1.807, 2.05) is 12.1 Å². The molecule has 0 aliphatic rings. The Labute approximate surface area is 308 Å². The summed E-state index contributed by atoms with van der Waals surface area (Å²) in [5, 5.41) is 2.51. The first-order chi connectivity index (χ1) is 26.3. The van der Waals surface area contributed by atoms with Crippen LogP contribution in [0.5, 0.6) is 0 Å². The van der Waals surface area contributed by atoms with Gasteiger partial charge in [0.2, 0.25) is 0 Å². The highest BCUT2D eigenvalue weighted by Crippen LogP contribution is 2.40. The van der Waals surface area contributed by atoms with Crippen LogP contribution in [0.15, 0.2) is 206 Å². The van der Waals surface area contributed by atoms with E-state index in [0.29, 0.717) is 0 Å². The van der Waals surface area contributed by atoms with Gasteiger partial charge in [-0.15, -0.1) is 0 Å². The molecule has 0 aliphatic heterocycles. The molecule has 0 fully saturated rings. The van der Waals surface area contributed by atoms with Gasteiger partial charge in [-0.25, -0.2) is 4.98 Å². The summed E-state index contributed by atoms with van der Waals surface area (Å²) in [6.07, 6.45) is 2.10. The Morgan fingerprint density at radius 3 is 1.83 bits per heavy atom. The molecule has 250 valence electrons. The summed E-state index contributed by atoms with van der Waals surface area (Å²) in [6.45, 7) is 0. The summed E-state index contributed by atoms with van der Waals surface area (Å²) in [5.74, 6) is 0. The van der Waals surface area contributed by atoms with Gasteiger partial charge in [-0.1, -0.05) is 127 Å². The van der Waals surface area contributed by atoms with Crippen molar-refractivity contribution in [2.75, 3.05) is 4.90 Å². The number of rotatable bonds is 7. The molecule has 0 radical (unpaired) electrons. The third-order valence-corrected chi connectivity index (χ3v) is 10.1. The quantitative estimate of drug-likeness (QED) is 0.168. The molecule has 4 heteroatoms. The molecule has 3 aromatic heterocycles. The number of fused-ring (bicyclic) bond motifs is 4. The fraction of sp³-hybridized carbons (Fsp3) is 0. The van der Waals surface area contributed by atoms with Crippen LogP contribution in [0.3, 0.4) is 0 Å². The number of pyridine rings is 1. The van der Waals surface area contributed by atoms with Crippen LogP contribution in [0, 0.1) is 0 Å². The SMILES string of the molecule is c1ccc(-c2nc3ccccn3c2-c2cccc(N(c3ccccc3)c3ccc(-c4ccc5c6ccccc6n(-c6ccccc6)c5c4)cc3)c2)cc1. The zero-order chi connectivity index (χ0) is 35.1. The standard InChI is InChI=1S/C49H34N4/c1-4-15-36(16-5-1)48-49(51-32-13-12-25-47(51)50-48)38-17-14-22-42(33-38)52(39-18-6-2-7-19-39)41-29-26-35(27-30-41)37-28-31-44-43-23-10-11-24-45(43)53(46(44)34-37)40-20-8-3-9-21-40/h1-34H. The molecule has 10 rings (SSSR count). The van der Waals surface area contributed by atoms with Crippen molar-refractivity contribution in [2.45, 2.75) is 0 Å². The molecule has 7 aromatic carbocycles. The Kier molecular flexibility index (Phi) is 7.43. The second-order valence-corrected chi connectivity index (χ2v) is 13.3. The Morgan fingerprint density at radius 2 is 1.02 bits per heavy atom. The molecular formula is C49H34N4. The Hall–Kier alpha value is -7.17. The van der Waals surface area contributed by atoms with Crippen LogP contribution in [0.25, 0.3) is 66.8 Å². The van der Waals surface area contributed by atoms with E-state index in [1.54, 1.807) is 0 Å². The molecule has 0 saturated carbocycles. The molecule has 53 heavy (non-hydrogen) atoms. The molecule has 0 bridgehead atoms. The minimum absolute atomic E-state index is 0.921. The summed E-state index contributed by atoms with van der Waals surface area (Å²) in [6, 6.07) is 71.1. The van der Waals surface area contributed by atoms with E-state index in [-0.39, 0.29) is 0 Å². The van der Waals surface area contributed by atoms with Crippen molar-refractivity contribution in [3.63, 3.8) is 0 Å². The highest BCUT2D eigenvalue weighted by molar-refractivity contribution is 6.10. The first kappa shape index (κ1) is 30.6. The predicted molar refractivity (Wildman–Crippen MR) is 221 cm³/mol. The third kappa shape index (κ3) is 5.36. The zero-order valence-electron chi connectivity index (χ0n) is 28.9. The lowest BCUT2D eigenvalue weighted by molar-refractivity contribution is 1.18. The molecule has 4 nitrogen and oxygen atoms in total. The Bertz CT molecular complexity index is 2870. The average Bonchev–Trinajstić information content (AvgIpc) is 3.79. The number of nitrogens with zero attached hydrogens (tertiary/aromatic N) is 4. The molecule has 0 N–H and O–H groups in total. The van der Waals surface area contributed by atoms with Crippen LogP contribution in [0.2, 0.25) is 0 Å². The minimum atomic E-state index is 0.921. The van der Waals surface area contributed by atoms with Crippen LogP contribution in [0.1, 0.15) is 0 Å². The summed E-state index contributed by atoms with van der Waals surface area (Å²) < 4.78 is 4.57. The fourth-order valence-corrected chi connectivity index (χ4v) is 7.69. The molecule has 3 heterocycles. The topological polar surface area (TPSA) is 25.5 Å². The predicted octanol–water partition coefficient (Wildman–Crippen LogP) is 12.9. The number of benzene rings is 7. The third-order valence-electron chi connectivity index (χ3n) is 10.1. The summed E-state index contributed by atoms with van der Waals surface area (Å²) >= 11 is 0. The van der Waals surface area contributed by atoms with Crippen LogP contribution in [-0.4, -0.2) is 14.0 Å². The number of hydrogen-bond acceptors (Lipinski definition) is 2. The molecule has 0 spiro atoms. The van der Waals surface area contributed by atoms with Crippen molar-refractivity contribution < 1.29 is 0 Å². The summed E-state index contributed by atoms with van der Waals surface area (Å²) in [5.41, 5.74) is 14.3. The zero-order valence-corrected chi connectivity index (χ0v) is 28.9. The van der Waals surface area contributed by atoms with E-state index in [4.69, 9.17) is 4.98 Å². The molecule has 10 aromatic rings. The lowest BCUT2D eigenvalue weighted by atomic mass is 10.0. The molecule has 0 atom stereocenters. The van der Waals surface area contributed by atoms with E-state index < -0.39 is 0 Å². The monoisotopic (exact) mass is 678 g/mol. The van der Waals surface area contributed by atoms with Crippen molar-refractivity contribution >= 4 is 44.5 Å². The maximum absolute atomic E-state index is 5.09. The minimum Gasteiger partial charge on any atom is -0.310 e. The Balaban J connectivity index is 1.08. The molecule has 0 aliphatic carbocycles. The highest BCUT2D eigenvalue weighted by atomic mass is 15.1. The number of para-hydroxylation sites is 3.